The van der Waals surface area contributed by atoms with E-state index in [0.717, 1.165) is 11.6 Å². The molecular formula is C20H16ClFN2O3S2. The first-order chi connectivity index (χ1) is 13.9. The van der Waals surface area contributed by atoms with Gasteiger partial charge in [0.25, 0.3) is 11.8 Å². The molecule has 0 saturated carbocycles. The molecule has 1 aliphatic rings. The van der Waals surface area contributed by atoms with E-state index >= 15 is 0 Å². The lowest BCUT2D eigenvalue weighted by atomic mass is 10.2. The Morgan fingerprint density at radius 2 is 2.10 bits per heavy atom. The third kappa shape index (κ3) is 4.95. The summed E-state index contributed by atoms with van der Waals surface area (Å²) in [6, 6.07) is 11.3. The molecule has 0 radical (unpaired) electrons. The van der Waals surface area contributed by atoms with Gasteiger partial charge in [0.15, 0.2) is 0 Å². The SMILES string of the molecule is COc1cccc(/C=C2/SC(=S)N(CCNC(=O)c3c(F)cccc3Cl)C2=O)c1. The van der Waals surface area contributed by atoms with E-state index in [9.17, 15) is 14.0 Å². The fourth-order valence-corrected chi connectivity index (χ4v) is 4.22. The van der Waals surface area contributed by atoms with E-state index in [4.69, 9.17) is 28.6 Å². The molecule has 0 unspecified atom stereocenters. The Labute approximate surface area is 181 Å². The summed E-state index contributed by atoms with van der Waals surface area (Å²) in [7, 11) is 1.57. The Morgan fingerprint density at radius 3 is 2.83 bits per heavy atom. The summed E-state index contributed by atoms with van der Waals surface area (Å²) >= 11 is 12.4. The van der Waals surface area contributed by atoms with E-state index in [1.807, 2.05) is 24.3 Å². The van der Waals surface area contributed by atoms with Gasteiger partial charge in [-0.3, -0.25) is 14.5 Å². The molecule has 5 nitrogen and oxygen atoms in total. The van der Waals surface area contributed by atoms with Crippen LogP contribution in [0.25, 0.3) is 6.08 Å². The molecule has 29 heavy (non-hydrogen) atoms. The molecule has 0 spiro atoms. The lowest BCUT2D eigenvalue weighted by Gasteiger charge is -2.15. The first kappa shape index (κ1) is 21.3. The van der Waals surface area contributed by atoms with Crippen molar-refractivity contribution in [2.24, 2.45) is 0 Å². The maximum Gasteiger partial charge on any atom is 0.266 e. The van der Waals surface area contributed by atoms with Gasteiger partial charge >= 0.3 is 0 Å². The van der Waals surface area contributed by atoms with Crippen LogP contribution in [0.3, 0.4) is 0 Å². The number of carbonyl (C=O) groups excluding carboxylic acids is 2. The van der Waals surface area contributed by atoms with Crippen molar-refractivity contribution in [1.29, 1.82) is 0 Å². The maximum absolute atomic E-state index is 13.8. The highest BCUT2D eigenvalue weighted by molar-refractivity contribution is 8.26. The molecule has 1 aliphatic heterocycles. The van der Waals surface area contributed by atoms with Crippen molar-refractivity contribution in [2.45, 2.75) is 0 Å². The van der Waals surface area contributed by atoms with Gasteiger partial charge in [-0.15, -0.1) is 0 Å². The van der Waals surface area contributed by atoms with Crippen molar-refractivity contribution in [3.63, 3.8) is 0 Å². The highest BCUT2D eigenvalue weighted by Gasteiger charge is 2.31. The molecule has 2 aromatic rings. The second kappa shape index (κ2) is 9.39. The summed E-state index contributed by atoms with van der Waals surface area (Å²) in [5, 5.41) is 2.59. The van der Waals surface area contributed by atoms with Crippen molar-refractivity contribution >= 4 is 57.8 Å². The molecule has 9 heteroatoms. The van der Waals surface area contributed by atoms with Crippen LogP contribution in [-0.4, -0.2) is 41.2 Å². The third-order valence-electron chi connectivity index (χ3n) is 4.08. The highest BCUT2D eigenvalue weighted by Crippen LogP contribution is 2.32. The van der Waals surface area contributed by atoms with Gasteiger partial charge in [0.1, 0.15) is 15.9 Å². The van der Waals surface area contributed by atoms with E-state index in [1.165, 1.54) is 28.8 Å². The number of benzene rings is 2. The average Bonchev–Trinajstić information content (AvgIpc) is 2.95. The predicted molar refractivity (Wildman–Crippen MR) is 117 cm³/mol. The van der Waals surface area contributed by atoms with Crippen LogP contribution in [0.4, 0.5) is 4.39 Å². The van der Waals surface area contributed by atoms with Gasteiger partial charge in [-0.2, -0.15) is 0 Å². The molecule has 1 saturated heterocycles. The molecule has 0 aliphatic carbocycles. The van der Waals surface area contributed by atoms with Crippen LogP contribution >= 0.6 is 35.6 Å². The summed E-state index contributed by atoms with van der Waals surface area (Å²) in [4.78, 5) is 26.7. The lowest BCUT2D eigenvalue weighted by molar-refractivity contribution is -0.122. The van der Waals surface area contributed by atoms with Gasteiger partial charge in [0, 0.05) is 13.1 Å². The van der Waals surface area contributed by atoms with Crippen LogP contribution < -0.4 is 10.1 Å². The fraction of sp³-hybridized carbons (Fsp3) is 0.150. The van der Waals surface area contributed by atoms with E-state index < -0.39 is 11.7 Å². The minimum Gasteiger partial charge on any atom is -0.497 e. The Hall–Kier alpha value is -2.42. The number of amides is 2. The largest absolute Gasteiger partial charge is 0.497 e. The number of ether oxygens (including phenoxy) is 1. The standard InChI is InChI=1S/C20H16ClFN2O3S2/c1-27-13-5-2-4-12(10-13)11-16-19(26)24(20(28)29-16)9-8-23-18(25)17-14(21)6-3-7-15(17)22/h2-7,10-11H,8-9H2,1H3,(H,23,25)/b16-11+. The first-order valence-electron chi connectivity index (χ1n) is 8.52. The number of hydrogen-bond acceptors (Lipinski definition) is 5. The van der Waals surface area contributed by atoms with Crippen LogP contribution in [0.2, 0.25) is 5.02 Å². The highest BCUT2D eigenvalue weighted by atomic mass is 35.5. The fourth-order valence-electron chi connectivity index (χ4n) is 2.66. The van der Waals surface area contributed by atoms with Gasteiger partial charge in [-0.25, -0.2) is 4.39 Å². The summed E-state index contributed by atoms with van der Waals surface area (Å²) in [6.07, 6.45) is 1.74. The zero-order valence-electron chi connectivity index (χ0n) is 15.3. The number of hydrogen-bond donors (Lipinski definition) is 1. The summed E-state index contributed by atoms with van der Waals surface area (Å²) in [6.45, 7) is 0.264. The van der Waals surface area contributed by atoms with Gasteiger partial charge < -0.3 is 10.1 Å². The monoisotopic (exact) mass is 450 g/mol. The predicted octanol–water partition coefficient (Wildman–Crippen LogP) is 4.12. The minimum atomic E-state index is -0.707. The molecular weight excluding hydrogens is 435 g/mol. The zero-order chi connectivity index (χ0) is 21.0. The van der Waals surface area contributed by atoms with Crippen molar-refractivity contribution in [3.05, 3.63) is 69.3 Å². The van der Waals surface area contributed by atoms with Crippen LogP contribution in [0.15, 0.2) is 47.4 Å². The molecule has 0 aromatic heterocycles. The number of thioether (sulfide) groups is 1. The van der Waals surface area contributed by atoms with Gasteiger partial charge in [0.05, 0.1) is 22.6 Å². The Kier molecular flexibility index (Phi) is 6.89. The van der Waals surface area contributed by atoms with Crippen molar-refractivity contribution in [1.82, 2.24) is 10.2 Å². The average molecular weight is 451 g/mol. The molecule has 2 aromatic carbocycles. The second-order valence-electron chi connectivity index (χ2n) is 5.96. The van der Waals surface area contributed by atoms with Gasteiger partial charge in [0.2, 0.25) is 0 Å². The number of thiocarbonyl (C=S) groups is 1. The first-order valence-corrected chi connectivity index (χ1v) is 10.1. The topological polar surface area (TPSA) is 58.6 Å². The molecule has 0 bridgehead atoms. The molecule has 2 amide bonds. The van der Waals surface area contributed by atoms with Crippen LogP contribution in [0.5, 0.6) is 5.75 Å². The van der Waals surface area contributed by atoms with Gasteiger partial charge in [-0.1, -0.05) is 53.8 Å². The summed E-state index contributed by atoms with van der Waals surface area (Å²) in [5.74, 6) is -0.919. The van der Waals surface area contributed by atoms with E-state index in [0.29, 0.717) is 15.0 Å². The number of halogens is 2. The van der Waals surface area contributed by atoms with E-state index in [-0.39, 0.29) is 29.6 Å². The number of rotatable bonds is 6. The second-order valence-corrected chi connectivity index (χ2v) is 8.05. The number of nitrogens with zero attached hydrogens (tertiary/aromatic N) is 1. The van der Waals surface area contributed by atoms with E-state index in [1.54, 1.807) is 13.2 Å². The Balaban J connectivity index is 1.63. The molecule has 1 fully saturated rings. The van der Waals surface area contributed by atoms with E-state index in [2.05, 4.69) is 5.32 Å². The molecule has 1 N–H and O–H groups in total. The van der Waals surface area contributed by atoms with Gasteiger partial charge in [-0.05, 0) is 35.9 Å². The quantitative estimate of drug-likeness (QED) is 0.530. The van der Waals surface area contributed by atoms with Crippen molar-refractivity contribution in [3.8, 4) is 5.75 Å². The number of carbonyl (C=O) groups is 2. The minimum absolute atomic E-state index is 0.0225. The molecule has 3 rings (SSSR count). The molecule has 1 heterocycles. The zero-order valence-corrected chi connectivity index (χ0v) is 17.7. The smallest absolute Gasteiger partial charge is 0.266 e. The lowest BCUT2D eigenvalue weighted by Crippen LogP contribution is -2.37. The van der Waals surface area contributed by atoms with Crippen molar-refractivity contribution < 1.29 is 18.7 Å². The molecule has 0 atom stereocenters. The number of nitrogens with one attached hydrogen (secondary N) is 1. The summed E-state index contributed by atoms with van der Waals surface area (Å²) < 4.78 is 19.4. The van der Waals surface area contributed by atoms with Crippen LogP contribution in [0.1, 0.15) is 15.9 Å². The molecule has 150 valence electrons. The summed E-state index contributed by atoms with van der Waals surface area (Å²) in [5.41, 5.74) is 0.588. The number of methoxy groups -OCH3 is 1. The Bertz CT molecular complexity index is 993. The maximum atomic E-state index is 13.8. The van der Waals surface area contributed by atoms with Crippen molar-refractivity contribution in [2.75, 3.05) is 20.2 Å². The van der Waals surface area contributed by atoms with Crippen LogP contribution in [0, 0.1) is 5.82 Å². The Morgan fingerprint density at radius 1 is 1.34 bits per heavy atom. The third-order valence-corrected chi connectivity index (χ3v) is 5.77. The van der Waals surface area contributed by atoms with Crippen LogP contribution in [-0.2, 0) is 4.79 Å². The normalized spacial score (nSPS) is 15.1.